The van der Waals surface area contributed by atoms with Gasteiger partial charge in [-0.3, -0.25) is 4.79 Å². The quantitative estimate of drug-likeness (QED) is 0.672. The Morgan fingerprint density at radius 2 is 2.22 bits per heavy atom. The van der Waals surface area contributed by atoms with Crippen LogP contribution >= 0.6 is 11.8 Å². The van der Waals surface area contributed by atoms with Gasteiger partial charge in [0.05, 0.1) is 28.2 Å². The van der Waals surface area contributed by atoms with Crippen molar-refractivity contribution in [3.63, 3.8) is 0 Å². The molecular formula is C15H14F2N2O3S. The van der Waals surface area contributed by atoms with Crippen LogP contribution in [0.2, 0.25) is 0 Å². The molecule has 2 N–H and O–H groups in total. The van der Waals surface area contributed by atoms with Crippen molar-refractivity contribution in [3.05, 3.63) is 33.5 Å². The fourth-order valence-corrected chi connectivity index (χ4v) is 4.04. The lowest BCUT2D eigenvalue weighted by molar-refractivity contribution is 0.0519. The van der Waals surface area contributed by atoms with E-state index in [1.54, 1.807) is 11.5 Å². The number of benzene rings is 1. The van der Waals surface area contributed by atoms with Crippen LogP contribution < -0.4 is 11.2 Å². The second-order valence-corrected chi connectivity index (χ2v) is 6.25. The number of nitrogen functional groups attached to an aromatic ring is 1. The van der Waals surface area contributed by atoms with E-state index in [9.17, 15) is 18.4 Å². The molecule has 0 amide bonds. The van der Waals surface area contributed by atoms with Gasteiger partial charge in [-0.15, -0.1) is 11.8 Å². The molecule has 2 heterocycles. The number of anilines is 1. The van der Waals surface area contributed by atoms with Gasteiger partial charge in [-0.1, -0.05) is 0 Å². The van der Waals surface area contributed by atoms with Gasteiger partial charge in [-0.05, 0) is 13.8 Å². The fourth-order valence-electron chi connectivity index (χ4n) is 2.75. The first-order valence-corrected chi connectivity index (χ1v) is 8.02. The summed E-state index contributed by atoms with van der Waals surface area (Å²) in [6, 6.07) is 0.846. The van der Waals surface area contributed by atoms with Crippen LogP contribution in [0.25, 0.3) is 10.9 Å². The number of carbonyl (C=O) groups is 1. The summed E-state index contributed by atoms with van der Waals surface area (Å²) in [7, 11) is 0. The van der Waals surface area contributed by atoms with E-state index < -0.39 is 28.7 Å². The molecular weight excluding hydrogens is 326 g/mol. The summed E-state index contributed by atoms with van der Waals surface area (Å²) >= 11 is 1.31. The first-order chi connectivity index (χ1) is 10.9. The van der Waals surface area contributed by atoms with Crippen LogP contribution in [0.1, 0.15) is 30.2 Å². The molecule has 1 aromatic heterocycles. The summed E-state index contributed by atoms with van der Waals surface area (Å²) in [6.07, 6.45) is 0. The van der Waals surface area contributed by atoms with Crippen molar-refractivity contribution < 1.29 is 18.3 Å². The molecule has 8 heteroatoms. The zero-order chi connectivity index (χ0) is 16.9. The lowest BCUT2D eigenvalue weighted by atomic mass is 10.1. The predicted molar refractivity (Wildman–Crippen MR) is 83.9 cm³/mol. The molecule has 0 radical (unpaired) electrons. The van der Waals surface area contributed by atoms with Gasteiger partial charge in [-0.25, -0.2) is 13.6 Å². The Balaban J connectivity index is 2.50. The third-order valence-corrected chi connectivity index (χ3v) is 5.09. The van der Waals surface area contributed by atoms with Crippen molar-refractivity contribution >= 4 is 34.3 Å². The Bertz CT molecular complexity index is 895. The van der Waals surface area contributed by atoms with Gasteiger partial charge in [0, 0.05) is 17.9 Å². The van der Waals surface area contributed by atoms with Crippen LogP contribution in [-0.4, -0.2) is 22.9 Å². The predicted octanol–water partition coefficient (Wildman–Crippen LogP) is 2.71. The molecule has 1 aromatic carbocycles. The monoisotopic (exact) mass is 340 g/mol. The van der Waals surface area contributed by atoms with Crippen LogP contribution in [-0.2, 0) is 4.74 Å². The van der Waals surface area contributed by atoms with Gasteiger partial charge in [0.15, 0.2) is 11.6 Å². The number of hydrogen-bond donors (Lipinski definition) is 1. The molecule has 0 aliphatic carbocycles. The van der Waals surface area contributed by atoms with E-state index in [-0.39, 0.29) is 29.1 Å². The van der Waals surface area contributed by atoms with Crippen LogP contribution in [0.4, 0.5) is 14.5 Å². The first kappa shape index (κ1) is 15.8. The highest BCUT2D eigenvalue weighted by Gasteiger charge is 2.32. The summed E-state index contributed by atoms with van der Waals surface area (Å²) in [5.41, 5.74) is 4.31. The van der Waals surface area contributed by atoms with Gasteiger partial charge >= 0.3 is 5.97 Å². The van der Waals surface area contributed by atoms with Crippen molar-refractivity contribution in [3.8, 4) is 0 Å². The highest BCUT2D eigenvalue weighted by molar-refractivity contribution is 7.99. The van der Waals surface area contributed by atoms with Crippen LogP contribution in [0.3, 0.4) is 0 Å². The van der Waals surface area contributed by atoms with Crippen molar-refractivity contribution in [1.82, 2.24) is 4.57 Å². The topological polar surface area (TPSA) is 74.3 Å². The zero-order valence-electron chi connectivity index (χ0n) is 12.5. The molecule has 122 valence electrons. The van der Waals surface area contributed by atoms with Crippen molar-refractivity contribution in [1.29, 1.82) is 0 Å². The van der Waals surface area contributed by atoms with E-state index in [0.29, 0.717) is 10.8 Å². The molecule has 1 atom stereocenters. The first-order valence-electron chi connectivity index (χ1n) is 7.04. The Hall–Kier alpha value is -2.09. The second kappa shape index (κ2) is 5.52. The number of fused-ring (bicyclic) bond motifs is 3. The Morgan fingerprint density at radius 3 is 2.87 bits per heavy atom. The number of hydrogen-bond acceptors (Lipinski definition) is 5. The zero-order valence-corrected chi connectivity index (χ0v) is 13.3. The van der Waals surface area contributed by atoms with Gasteiger partial charge < -0.3 is 15.0 Å². The Labute approximate surface area is 134 Å². The highest BCUT2D eigenvalue weighted by atomic mass is 32.2. The van der Waals surface area contributed by atoms with E-state index in [1.165, 1.54) is 11.8 Å². The maximum atomic E-state index is 13.8. The third kappa shape index (κ3) is 2.20. The van der Waals surface area contributed by atoms with Gasteiger partial charge in [0.1, 0.15) is 5.56 Å². The number of esters is 1. The molecule has 0 saturated carbocycles. The standard InChI is InChI=1S/C15H14F2N2O3S/c1-3-22-15(21)10-13(20)9-8(4-7(16)11(17)12(9)18)19-6(2)5-23-14(10)19/h4,6H,3,5,18H2,1-2H3/t6-/m1/s1. The number of pyridine rings is 1. The van der Waals surface area contributed by atoms with E-state index in [4.69, 9.17) is 10.5 Å². The molecule has 0 unspecified atom stereocenters. The Kier molecular flexibility index (Phi) is 3.79. The molecule has 0 fully saturated rings. The maximum absolute atomic E-state index is 13.8. The number of aromatic nitrogens is 1. The normalized spacial score (nSPS) is 16.6. The minimum absolute atomic E-state index is 0.100. The Morgan fingerprint density at radius 1 is 1.52 bits per heavy atom. The summed E-state index contributed by atoms with van der Waals surface area (Å²) in [4.78, 5) is 24.9. The van der Waals surface area contributed by atoms with Crippen molar-refractivity contribution in [2.75, 3.05) is 18.1 Å². The van der Waals surface area contributed by atoms with Crippen molar-refractivity contribution in [2.45, 2.75) is 24.9 Å². The molecule has 0 bridgehead atoms. The molecule has 0 spiro atoms. The molecule has 0 saturated heterocycles. The van der Waals surface area contributed by atoms with Crippen LogP contribution in [0, 0.1) is 11.6 Å². The molecule has 5 nitrogen and oxygen atoms in total. The average Bonchev–Trinajstić information content (AvgIpc) is 2.86. The largest absolute Gasteiger partial charge is 0.462 e. The van der Waals surface area contributed by atoms with E-state index in [0.717, 1.165) is 6.07 Å². The fraction of sp³-hybridized carbons (Fsp3) is 0.333. The molecule has 1 aliphatic heterocycles. The van der Waals surface area contributed by atoms with E-state index in [1.807, 2.05) is 6.92 Å². The third-order valence-electron chi connectivity index (χ3n) is 3.76. The van der Waals surface area contributed by atoms with E-state index in [2.05, 4.69) is 0 Å². The molecule has 3 rings (SSSR count). The summed E-state index contributed by atoms with van der Waals surface area (Å²) in [5, 5.41) is 0.212. The minimum atomic E-state index is -1.29. The lowest BCUT2D eigenvalue weighted by Gasteiger charge is -2.17. The molecule has 23 heavy (non-hydrogen) atoms. The molecule has 2 aromatic rings. The van der Waals surface area contributed by atoms with E-state index >= 15 is 0 Å². The van der Waals surface area contributed by atoms with Gasteiger partial charge in [-0.2, -0.15) is 0 Å². The van der Waals surface area contributed by atoms with Gasteiger partial charge in [0.25, 0.3) is 0 Å². The number of halogens is 2. The number of nitrogens with zero attached hydrogens (tertiary/aromatic N) is 1. The number of nitrogens with two attached hydrogens (primary N) is 1. The lowest BCUT2D eigenvalue weighted by Crippen LogP contribution is -2.24. The van der Waals surface area contributed by atoms with Crippen LogP contribution in [0.5, 0.6) is 0 Å². The smallest absolute Gasteiger partial charge is 0.344 e. The molecule has 1 aliphatic rings. The SMILES string of the molecule is CCOC(=O)c1c2n(c3cc(F)c(F)c(N)c3c1=O)[C@H](C)CS2. The summed E-state index contributed by atoms with van der Waals surface area (Å²) in [6.45, 7) is 3.58. The summed E-state index contributed by atoms with van der Waals surface area (Å²) < 4.78 is 34.1. The average molecular weight is 340 g/mol. The van der Waals surface area contributed by atoms with Gasteiger partial charge in [0.2, 0.25) is 5.43 Å². The highest BCUT2D eigenvalue weighted by Crippen LogP contribution is 2.39. The minimum Gasteiger partial charge on any atom is -0.462 e. The summed E-state index contributed by atoms with van der Waals surface area (Å²) in [5.74, 6) is -2.60. The van der Waals surface area contributed by atoms with Crippen molar-refractivity contribution in [2.24, 2.45) is 0 Å². The number of ether oxygens (including phenoxy) is 1. The number of rotatable bonds is 2. The number of carbonyl (C=O) groups excluding carboxylic acids is 1. The maximum Gasteiger partial charge on any atom is 0.344 e. The second-order valence-electron chi connectivity index (χ2n) is 5.24. The van der Waals surface area contributed by atoms with Crippen LogP contribution in [0.15, 0.2) is 15.9 Å². The number of thioether (sulfide) groups is 1.